The Kier molecular flexibility index (Phi) is 65.4. The molecule has 10 aromatic carbocycles. The molecule has 42 nitrogen and oxygen atoms in total. The average molecular weight is 2070 g/mol. The fraction of sp³-hybridized carbons (Fsp3) is 0.214. The number of carbonyl (C=O) groups is 6. The number of nitrogens with zero attached hydrogens (tertiary/aromatic N) is 10. The number of hydrogen-bond donors (Lipinski definition) is 4. The Balaban J connectivity index is 0. The van der Waals surface area contributed by atoms with Gasteiger partial charge in [-0.3, -0.25) is 38.6 Å². The summed E-state index contributed by atoms with van der Waals surface area (Å²) in [6.45, 7) is 7.13. The van der Waals surface area contributed by atoms with Gasteiger partial charge in [-0.25, -0.2) is 0 Å². The number of hydrogen-bond acceptors (Lipinski definition) is 30. The van der Waals surface area contributed by atoms with E-state index in [0.717, 1.165) is 35.1 Å². The monoisotopic (exact) mass is 2070 g/mol. The van der Waals surface area contributed by atoms with E-state index in [0.29, 0.717) is 137 Å². The molecule has 10 aromatic rings. The molecule has 0 aliphatic heterocycles. The zero-order valence-corrected chi connectivity index (χ0v) is 73.2. The molecule has 128 heavy (non-hydrogen) atoms. The van der Waals surface area contributed by atoms with Crippen LogP contribution < -0.4 is 40.2 Å². The molecule has 2 radical (unpaired) electrons. The molecule has 10 rings (SSSR count). The Hall–Kier alpha value is -14.1. The molecule has 0 atom stereocenters. The van der Waals surface area contributed by atoms with Crippen LogP contribution in [0.15, 0.2) is 279 Å². The maximum absolute atomic E-state index is 13.0. The largest absolute Gasteiger partial charge is 3.00 e. The molecule has 0 aromatic heterocycles. The molecule has 4 N–H and O–H groups in total. The Morgan fingerprint density at radius 1 is 0.266 bits per heavy atom. The van der Waals surface area contributed by atoms with Crippen molar-refractivity contribution in [3.05, 3.63) is 427 Å². The third-order valence-corrected chi connectivity index (χ3v) is 15.3. The van der Waals surface area contributed by atoms with Crippen molar-refractivity contribution < 1.29 is 155 Å². The number of carbonyl (C=O) groups excluding carboxylic acids is 6. The van der Waals surface area contributed by atoms with Gasteiger partial charge in [0.25, 0.3) is 23.6 Å². The van der Waals surface area contributed by atoms with Crippen LogP contribution in [0, 0.1) is 168 Å². The first-order chi connectivity index (χ1) is 60.2. The van der Waals surface area contributed by atoms with Crippen LogP contribution in [-0.4, -0.2) is 167 Å². The van der Waals surface area contributed by atoms with E-state index in [1.165, 1.54) is 20.9 Å². The van der Waals surface area contributed by atoms with Crippen molar-refractivity contribution in [2.24, 2.45) is 0 Å². The Morgan fingerprint density at radius 3 is 0.562 bits per heavy atom. The molecule has 0 aliphatic carbocycles. The van der Waals surface area contributed by atoms with E-state index >= 15 is 0 Å². The van der Waals surface area contributed by atoms with Crippen molar-refractivity contribution in [1.82, 2.24) is 40.9 Å². The van der Waals surface area contributed by atoms with E-state index in [1.807, 2.05) is 231 Å². The minimum absolute atomic E-state index is 0. The third-order valence-electron chi connectivity index (χ3n) is 15.3. The second-order valence-corrected chi connectivity index (χ2v) is 25.1. The van der Waals surface area contributed by atoms with E-state index < -0.39 is 30.5 Å². The molecule has 0 saturated carbocycles. The third kappa shape index (κ3) is 61.2. The zero-order chi connectivity index (χ0) is 93.7. The van der Waals surface area contributed by atoms with Crippen LogP contribution in [-0.2, 0) is 48.9 Å². The van der Waals surface area contributed by atoms with Crippen LogP contribution in [0.4, 0.5) is 0 Å². The molecule has 0 fully saturated rings. The summed E-state index contributed by atoms with van der Waals surface area (Å²) in [6, 6.07) is 88.9. The predicted molar refractivity (Wildman–Crippen MR) is 463 cm³/mol. The van der Waals surface area contributed by atoms with Crippen LogP contribution in [0.3, 0.4) is 0 Å². The van der Waals surface area contributed by atoms with Gasteiger partial charge in [0.1, 0.15) is 49.4 Å². The van der Waals surface area contributed by atoms with Gasteiger partial charge in [-0.2, -0.15) is 0 Å². The normalized spacial score (nSPS) is 9.36. The standard InChI is InChI=1S/2C39H39N3O4.2C3H7NO.2Dy.6NO3/c2*43-38(40-28-31-14-4-1-5-15-31)34-20-10-12-22-36(34)45-26-24-42(30-33-18-8-3-9-19-33)25-27-46-37-23-13-11-21-35(37)39(44)41-29-32-16-6-2-7-17-32;2*1-4(2)3-5;;;6*2-1(3)4/h2*1-23H,24-30H2,(H,40,43)(H,41,44);2*3H,1-2H3;;;;;;;;/q;;;;2*+3;6*-1. The van der Waals surface area contributed by atoms with Crippen LogP contribution >= 0.6 is 0 Å². The van der Waals surface area contributed by atoms with Gasteiger partial charge in [0.15, 0.2) is 0 Å². The summed E-state index contributed by atoms with van der Waals surface area (Å²) in [4.78, 5) is 128. The van der Waals surface area contributed by atoms with Crippen molar-refractivity contribution in [2.45, 2.75) is 39.3 Å². The first-order valence-electron chi connectivity index (χ1n) is 37.1. The smallest absolute Gasteiger partial charge is 0.491 e. The van der Waals surface area contributed by atoms with Crippen LogP contribution in [0.5, 0.6) is 23.0 Å². The summed E-state index contributed by atoms with van der Waals surface area (Å²) in [7, 11) is 6.75. The van der Waals surface area contributed by atoms with E-state index in [-0.39, 0.29) is 100.0 Å². The number of ether oxygens (including phenoxy) is 4. The number of para-hydroxylation sites is 4. The summed E-state index contributed by atoms with van der Waals surface area (Å²) < 4.78 is 24.6. The molecule has 686 valence electrons. The van der Waals surface area contributed by atoms with Gasteiger partial charge in [0.2, 0.25) is 12.8 Å². The maximum Gasteiger partial charge on any atom is 3.00 e. The zero-order valence-electron chi connectivity index (χ0n) is 69.1. The molecule has 0 heterocycles. The Labute approximate surface area is 795 Å². The topological polar surface area (TPSA) is 598 Å². The molecule has 6 amide bonds. The first kappa shape index (κ1) is 116. The van der Waals surface area contributed by atoms with Gasteiger partial charge in [-0.05, 0) is 81.9 Å². The molecule has 0 spiro atoms. The van der Waals surface area contributed by atoms with Gasteiger partial charge in [-0.1, -0.05) is 231 Å². The molecule has 0 aliphatic rings. The number of amides is 6. The fourth-order valence-corrected chi connectivity index (χ4v) is 9.98. The summed E-state index contributed by atoms with van der Waals surface area (Å²) >= 11 is 0. The minimum Gasteiger partial charge on any atom is -0.491 e. The van der Waals surface area contributed by atoms with Crippen LogP contribution in [0.2, 0.25) is 0 Å². The first-order valence-corrected chi connectivity index (χ1v) is 37.1. The van der Waals surface area contributed by atoms with Gasteiger partial charge in [-0.15, -0.1) is 0 Å². The van der Waals surface area contributed by atoms with Crippen molar-refractivity contribution in [3.63, 3.8) is 0 Å². The molecule has 0 unspecified atom stereocenters. The molecule has 44 heteroatoms. The molecular formula is C84H92Dy2N14O28. The van der Waals surface area contributed by atoms with Crippen LogP contribution in [0.25, 0.3) is 0 Å². The van der Waals surface area contributed by atoms with Crippen molar-refractivity contribution in [1.29, 1.82) is 0 Å². The molecule has 0 saturated heterocycles. The van der Waals surface area contributed by atoms with E-state index in [4.69, 9.17) is 111 Å². The van der Waals surface area contributed by atoms with Gasteiger partial charge in [0.05, 0.1) is 52.8 Å². The SMILES string of the molecule is CN(C)C=O.CN(C)C=O.O=C(NCc1ccccc1)c1ccccc1OCCN(CCOc1ccccc1C(=O)NCc1ccccc1)Cc1ccccc1.O=C(NCc1ccccc1)c1ccccc1OCCN(CCOc1ccccc1C(=O)NCc1ccccc1)Cc1ccccc1.O=[N+]([O-])[O-].O=[N+]([O-])[O-].O=[N+]([O-])[O-].O=[N+]([O-])[O-].O=[N+]([O-])[O-].O=[N+]([O-])[O-].[Dy+3].[Dy+3]. The minimum atomic E-state index is -1.75. The fourth-order valence-electron chi connectivity index (χ4n) is 9.98. The summed E-state index contributed by atoms with van der Waals surface area (Å²) in [5, 5.41) is 100. The van der Waals surface area contributed by atoms with Crippen molar-refractivity contribution in [3.8, 4) is 23.0 Å². The van der Waals surface area contributed by atoms with Gasteiger partial charge < -0.3 is 142 Å². The maximum atomic E-state index is 13.0. The second kappa shape index (κ2) is 72.2. The summed E-state index contributed by atoms with van der Waals surface area (Å²) in [5.41, 5.74) is 8.46. The van der Waals surface area contributed by atoms with Gasteiger partial charge in [0, 0.05) is 93.6 Å². The average Bonchev–Trinajstić information content (AvgIpc) is 0.869. The van der Waals surface area contributed by atoms with E-state index in [9.17, 15) is 28.8 Å². The van der Waals surface area contributed by atoms with Crippen molar-refractivity contribution >= 4 is 36.4 Å². The van der Waals surface area contributed by atoms with Crippen molar-refractivity contribution in [2.75, 3.05) is 80.8 Å². The predicted octanol–water partition coefficient (Wildman–Crippen LogP) is 11.0. The number of rotatable bonds is 34. The quantitative estimate of drug-likeness (QED) is 0.0165. The van der Waals surface area contributed by atoms with Crippen LogP contribution in [0.1, 0.15) is 74.8 Å². The Bertz CT molecular complexity index is 4220. The Morgan fingerprint density at radius 2 is 0.406 bits per heavy atom. The molecule has 0 bridgehead atoms. The number of nitrogens with one attached hydrogen (secondary N) is 4. The molecular weight excluding hydrogens is 1980 g/mol. The number of benzene rings is 10. The second-order valence-electron chi connectivity index (χ2n) is 25.1. The van der Waals surface area contributed by atoms with E-state index in [1.54, 1.807) is 52.5 Å². The van der Waals surface area contributed by atoms with E-state index in [2.05, 4.69) is 55.3 Å². The summed E-state index contributed by atoms with van der Waals surface area (Å²) in [6.07, 6.45) is 1.50. The summed E-state index contributed by atoms with van der Waals surface area (Å²) in [5.74, 6) is 1.44. The van der Waals surface area contributed by atoms with Gasteiger partial charge >= 0.3 is 76.3 Å².